The number of hydrogen-bond acceptors (Lipinski definition) is 3. The highest BCUT2D eigenvalue weighted by Gasteiger charge is 2.19. The average molecular weight is 316 g/mol. The van der Waals surface area contributed by atoms with Gasteiger partial charge in [-0.1, -0.05) is 43.3 Å². The van der Waals surface area contributed by atoms with Crippen molar-refractivity contribution in [3.8, 4) is 0 Å². The molecule has 1 nitrogen and oxygen atoms in total. The van der Waals surface area contributed by atoms with E-state index in [9.17, 15) is 4.79 Å². The van der Waals surface area contributed by atoms with Gasteiger partial charge in [0.1, 0.15) is 5.78 Å². The van der Waals surface area contributed by atoms with E-state index in [0.29, 0.717) is 12.2 Å². The fraction of sp³-hybridized carbons (Fsp3) is 0.389. The van der Waals surface area contributed by atoms with Gasteiger partial charge in [-0.15, -0.1) is 0 Å². The fourth-order valence-corrected chi connectivity index (χ4v) is 5.29. The summed E-state index contributed by atoms with van der Waals surface area (Å²) in [5.41, 5.74) is 2.88. The number of benzene rings is 2. The number of rotatable bonds is 2. The standard InChI is InChI=1S/C18H20OS2/c1-2-18(19)17-11-20-9-15-7-13-5-3-4-6-14(13)8-16(15)10-21-12-17/h3-8,17H,2,9-12H2,1H3. The molecule has 0 spiro atoms. The molecule has 1 aliphatic heterocycles. The molecule has 0 bridgehead atoms. The minimum atomic E-state index is 0.230. The number of carbonyl (C=O) groups is 1. The molecule has 0 radical (unpaired) electrons. The topological polar surface area (TPSA) is 17.1 Å². The summed E-state index contributed by atoms with van der Waals surface area (Å²) >= 11 is 3.82. The van der Waals surface area contributed by atoms with Gasteiger partial charge in [0.15, 0.2) is 0 Å². The minimum absolute atomic E-state index is 0.230. The molecule has 2 aromatic carbocycles. The highest BCUT2D eigenvalue weighted by atomic mass is 32.2. The van der Waals surface area contributed by atoms with Crippen LogP contribution in [0.3, 0.4) is 0 Å². The molecule has 3 heteroatoms. The molecule has 1 heterocycles. The first-order valence-electron chi connectivity index (χ1n) is 7.46. The van der Waals surface area contributed by atoms with Crippen molar-refractivity contribution >= 4 is 40.1 Å². The molecule has 0 atom stereocenters. The van der Waals surface area contributed by atoms with Crippen molar-refractivity contribution in [2.45, 2.75) is 24.9 Å². The Bertz CT molecular complexity index is 602. The van der Waals surface area contributed by atoms with E-state index in [1.165, 1.54) is 21.9 Å². The van der Waals surface area contributed by atoms with E-state index in [1.54, 1.807) is 0 Å². The molecule has 21 heavy (non-hydrogen) atoms. The first kappa shape index (κ1) is 15.0. The van der Waals surface area contributed by atoms with E-state index >= 15 is 0 Å². The second-order valence-electron chi connectivity index (χ2n) is 5.52. The Morgan fingerprint density at radius 3 is 2.05 bits per heavy atom. The summed E-state index contributed by atoms with van der Waals surface area (Å²) in [5.74, 6) is 4.63. The minimum Gasteiger partial charge on any atom is -0.299 e. The van der Waals surface area contributed by atoms with E-state index in [2.05, 4.69) is 36.4 Å². The molecule has 0 saturated heterocycles. The molecule has 3 rings (SSSR count). The van der Waals surface area contributed by atoms with Crippen LogP contribution in [-0.4, -0.2) is 17.3 Å². The normalized spacial score (nSPS) is 16.8. The third kappa shape index (κ3) is 3.46. The summed E-state index contributed by atoms with van der Waals surface area (Å²) in [5, 5.41) is 2.64. The van der Waals surface area contributed by atoms with Gasteiger partial charge in [0.2, 0.25) is 0 Å². The zero-order chi connectivity index (χ0) is 14.7. The second-order valence-corrected chi connectivity index (χ2v) is 7.58. The lowest BCUT2D eigenvalue weighted by molar-refractivity contribution is -0.121. The van der Waals surface area contributed by atoms with Crippen LogP contribution in [-0.2, 0) is 16.3 Å². The number of ketones is 1. The summed E-state index contributed by atoms with van der Waals surface area (Å²) < 4.78 is 0. The maximum absolute atomic E-state index is 12.0. The predicted octanol–water partition coefficient (Wildman–Crippen LogP) is 4.92. The third-order valence-electron chi connectivity index (χ3n) is 4.02. The smallest absolute Gasteiger partial charge is 0.137 e. The summed E-state index contributed by atoms with van der Waals surface area (Å²) in [6.45, 7) is 1.98. The predicted molar refractivity (Wildman–Crippen MR) is 95.1 cm³/mol. The van der Waals surface area contributed by atoms with Crippen molar-refractivity contribution in [1.29, 1.82) is 0 Å². The summed E-state index contributed by atoms with van der Waals surface area (Å²) in [6, 6.07) is 13.2. The van der Waals surface area contributed by atoms with Gasteiger partial charge >= 0.3 is 0 Å². The Labute approximate surface area is 134 Å². The van der Waals surface area contributed by atoms with Gasteiger partial charge in [-0.05, 0) is 21.9 Å². The molecule has 2 aromatic rings. The van der Waals surface area contributed by atoms with Crippen molar-refractivity contribution < 1.29 is 4.79 Å². The van der Waals surface area contributed by atoms with Crippen molar-refractivity contribution in [3.63, 3.8) is 0 Å². The van der Waals surface area contributed by atoms with Crippen LogP contribution in [0.5, 0.6) is 0 Å². The Hall–Kier alpha value is -0.930. The fourth-order valence-electron chi connectivity index (χ4n) is 2.75. The molecule has 0 amide bonds. The first-order valence-corrected chi connectivity index (χ1v) is 9.77. The number of Topliss-reactive ketones (excluding diaryl/α,β-unsaturated/α-hetero) is 1. The number of hydrogen-bond donors (Lipinski definition) is 0. The second kappa shape index (κ2) is 6.89. The maximum Gasteiger partial charge on any atom is 0.137 e. The van der Waals surface area contributed by atoms with Crippen molar-refractivity contribution in [3.05, 3.63) is 47.5 Å². The Balaban J connectivity index is 1.86. The highest BCUT2D eigenvalue weighted by Crippen LogP contribution is 2.31. The van der Waals surface area contributed by atoms with Gasteiger partial charge < -0.3 is 0 Å². The summed E-state index contributed by atoms with van der Waals surface area (Å²) in [7, 11) is 0. The van der Waals surface area contributed by atoms with Crippen LogP contribution >= 0.6 is 23.5 Å². The van der Waals surface area contributed by atoms with Crippen LogP contribution in [0, 0.1) is 5.92 Å². The number of thioether (sulfide) groups is 2. The van der Waals surface area contributed by atoms with Crippen LogP contribution in [0.4, 0.5) is 0 Å². The van der Waals surface area contributed by atoms with Gasteiger partial charge in [0, 0.05) is 35.4 Å². The Morgan fingerprint density at radius 1 is 1.05 bits per heavy atom. The van der Waals surface area contributed by atoms with Gasteiger partial charge in [-0.25, -0.2) is 0 Å². The Kier molecular flexibility index (Phi) is 4.91. The molecule has 0 saturated carbocycles. The Morgan fingerprint density at radius 2 is 1.57 bits per heavy atom. The van der Waals surface area contributed by atoms with Crippen LogP contribution in [0.15, 0.2) is 36.4 Å². The average Bonchev–Trinajstić information content (AvgIpc) is 2.62. The largest absolute Gasteiger partial charge is 0.299 e. The molecule has 0 aliphatic carbocycles. The van der Waals surface area contributed by atoms with E-state index in [-0.39, 0.29) is 5.92 Å². The van der Waals surface area contributed by atoms with E-state index in [0.717, 1.165) is 23.0 Å². The van der Waals surface area contributed by atoms with Crippen molar-refractivity contribution in [1.82, 2.24) is 0 Å². The van der Waals surface area contributed by atoms with Gasteiger partial charge in [-0.3, -0.25) is 4.79 Å². The monoisotopic (exact) mass is 316 g/mol. The summed E-state index contributed by atoms with van der Waals surface area (Å²) in [6.07, 6.45) is 0.669. The molecule has 0 fully saturated rings. The van der Waals surface area contributed by atoms with Gasteiger partial charge in [0.25, 0.3) is 0 Å². The van der Waals surface area contributed by atoms with Crippen molar-refractivity contribution in [2.75, 3.05) is 11.5 Å². The zero-order valence-corrected chi connectivity index (χ0v) is 13.9. The van der Waals surface area contributed by atoms with Crippen LogP contribution in [0.1, 0.15) is 24.5 Å². The SMILES string of the molecule is CCC(=O)C1CSCc2cc3ccccc3cc2CSC1. The van der Waals surface area contributed by atoms with E-state index in [4.69, 9.17) is 0 Å². The number of fused-ring (bicyclic) bond motifs is 2. The lowest BCUT2D eigenvalue weighted by Crippen LogP contribution is -2.18. The molecular weight excluding hydrogens is 296 g/mol. The molecule has 110 valence electrons. The van der Waals surface area contributed by atoms with E-state index in [1.807, 2.05) is 30.4 Å². The molecule has 0 N–H and O–H groups in total. The highest BCUT2D eigenvalue weighted by molar-refractivity contribution is 7.99. The van der Waals surface area contributed by atoms with Crippen molar-refractivity contribution in [2.24, 2.45) is 5.92 Å². The lowest BCUT2D eigenvalue weighted by Gasteiger charge is -2.12. The maximum atomic E-state index is 12.0. The molecule has 1 aliphatic rings. The van der Waals surface area contributed by atoms with Gasteiger partial charge in [0.05, 0.1) is 0 Å². The molecule has 0 unspecified atom stereocenters. The third-order valence-corrected chi connectivity index (χ3v) is 6.33. The molecular formula is C18H20OS2. The van der Waals surface area contributed by atoms with Crippen LogP contribution in [0.2, 0.25) is 0 Å². The quantitative estimate of drug-likeness (QED) is 0.783. The number of carbonyl (C=O) groups excluding carboxylic acids is 1. The molecule has 0 aromatic heterocycles. The summed E-state index contributed by atoms with van der Waals surface area (Å²) in [4.78, 5) is 12.0. The van der Waals surface area contributed by atoms with E-state index < -0.39 is 0 Å². The van der Waals surface area contributed by atoms with Crippen LogP contribution < -0.4 is 0 Å². The van der Waals surface area contributed by atoms with Gasteiger partial charge in [-0.2, -0.15) is 23.5 Å². The van der Waals surface area contributed by atoms with Crippen LogP contribution in [0.25, 0.3) is 10.8 Å². The lowest BCUT2D eigenvalue weighted by atomic mass is 10.0. The first-order chi connectivity index (χ1) is 10.3. The zero-order valence-electron chi connectivity index (χ0n) is 12.3.